The van der Waals surface area contributed by atoms with Gasteiger partial charge >= 0.3 is 0 Å². The first-order chi connectivity index (χ1) is 4.51. The first kappa shape index (κ1) is 7.11. The number of rotatable bonds is 0. The van der Waals surface area contributed by atoms with E-state index in [0.29, 0.717) is 17.8 Å². The summed E-state index contributed by atoms with van der Waals surface area (Å²) in [6, 6.07) is 0. The van der Waals surface area contributed by atoms with Crippen LogP contribution in [0.15, 0.2) is 23.5 Å². The van der Waals surface area contributed by atoms with Crippen LogP contribution in [0.25, 0.3) is 0 Å². The summed E-state index contributed by atoms with van der Waals surface area (Å²) in [4.78, 5) is 0. The Hall–Kier alpha value is -1.00. The maximum atomic E-state index is 5.55. The summed E-state index contributed by atoms with van der Waals surface area (Å²) in [5.74, 6) is 0. The van der Waals surface area contributed by atoms with E-state index in [1.165, 1.54) is 0 Å². The molecule has 56 valence electrons. The Morgan fingerprint density at radius 2 is 1.80 bits per heavy atom. The highest BCUT2D eigenvalue weighted by atomic mass is 15.0. The Morgan fingerprint density at radius 3 is 2.20 bits per heavy atom. The van der Waals surface area contributed by atoms with Crippen molar-refractivity contribution < 1.29 is 0 Å². The molecule has 4 nitrogen and oxygen atoms in total. The second-order valence-electron chi connectivity index (χ2n) is 2.58. The van der Waals surface area contributed by atoms with Crippen LogP contribution < -0.4 is 22.9 Å². The molecule has 1 rings (SSSR count). The van der Waals surface area contributed by atoms with Crippen molar-refractivity contribution >= 4 is 0 Å². The summed E-state index contributed by atoms with van der Waals surface area (Å²) in [6.07, 6.45) is 3.84. The van der Waals surface area contributed by atoms with Gasteiger partial charge in [0.05, 0.1) is 17.1 Å². The van der Waals surface area contributed by atoms with Gasteiger partial charge in [0.1, 0.15) is 0 Å². The van der Waals surface area contributed by atoms with Crippen molar-refractivity contribution in [2.24, 2.45) is 22.9 Å². The van der Waals surface area contributed by atoms with Crippen LogP contribution in [0.3, 0.4) is 0 Å². The molecule has 8 N–H and O–H groups in total. The fourth-order valence-corrected chi connectivity index (χ4v) is 0.836. The molecule has 0 aromatic rings. The first-order valence-electron chi connectivity index (χ1n) is 3.03. The van der Waals surface area contributed by atoms with Crippen LogP contribution in [0.4, 0.5) is 0 Å². The molecule has 1 aliphatic carbocycles. The van der Waals surface area contributed by atoms with Crippen molar-refractivity contribution in [3.63, 3.8) is 0 Å². The second kappa shape index (κ2) is 2.00. The average Bonchev–Trinajstić information content (AvgIpc) is 1.79. The van der Waals surface area contributed by atoms with E-state index in [1.54, 1.807) is 12.2 Å². The van der Waals surface area contributed by atoms with Crippen molar-refractivity contribution in [1.29, 1.82) is 0 Å². The maximum absolute atomic E-state index is 5.55. The van der Waals surface area contributed by atoms with Gasteiger partial charge < -0.3 is 22.9 Å². The van der Waals surface area contributed by atoms with Gasteiger partial charge in [0.2, 0.25) is 0 Å². The van der Waals surface area contributed by atoms with Gasteiger partial charge in [-0.25, -0.2) is 0 Å². The summed E-state index contributed by atoms with van der Waals surface area (Å²) in [6.45, 7) is 0. The lowest BCUT2D eigenvalue weighted by molar-refractivity contribution is 0.548. The van der Waals surface area contributed by atoms with Gasteiger partial charge in [-0.1, -0.05) is 6.08 Å². The van der Waals surface area contributed by atoms with Gasteiger partial charge in [-0.2, -0.15) is 0 Å². The zero-order valence-corrected chi connectivity index (χ0v) is 5.67. The van der Waals surface area contributed by atoms with Crippen LogP contribution in [0.5, 0.6) is 0 Å². The van der Waals surface area contributed by atoms with E-state index in [2.05, 4.69) is 0 Å². The van der Waals surface area contributed by atoms with Gasteiger partial charge in [0.15, 0.2) is 0 Å². The minimum absolute atomic E-state index is 0.469. The van der Waals surface area contributed by atoms with Crippen LogP contribution in [0.1, 0.15) is 6.42 Å². The normalized spacial score (nSPS) is 23.4. The number of nitrogens with two attached hydrogens (primary N) is 4. The molecule has 0 spiro atoms. The minimum atomic E-state index is -0.813. The lowest BCUT2D eigenvalue weighted by Gasteiger charge is -2.23. The molecule has 0 heterocycles. The van der Waals surface area contributed by atoms with E-state index >= 15 is 0 Å². The van der Waals surface area contributed by atoms with Crippen LogP contribution in [0.2, 0.25) is 0 Å². The first-order valence-corrected chi connectivity index (χ1v) is 3.03. The molecule has 0 atom stereocenters. The van der Waals surface area contributed by atoms with E-state index in [-0.39, 0.29) is 0 Å². The highest BCUT2D eigenvalue weighted by Gasteiger charge is 2.19. The van der Waals surface area contributed by atoms with Gasteiger partial charge in [-0.05, 0) is 6.08 Å². The molecule has 4 heteroatoms. The molecule has 0 saturated heterocycles. The Morgan fingerprint density at radius 1 is 1.20 bits per heavy atom. The van der Waals surface area contributed by atoms with E-state index in [1.807, 2.05) is 0 Å². The molecule has 0 amide bonds. The quantitative estimate of drug-likeness (QED) is 0.313. The molecular weight excluding hydrogens is 128 g/mol. The lowest BCUT2D eigenvalue weighted by Crippen LogP contribution is -2.49. The fraction of sp³-hybridized carbons (Fsp3) is 0.333. The number of hydrogen-bond acceptors (Lipinski definition) is 4. The summed E-state index contributed by atoms with van der Waals surface area (Å²) < 4.78 is 0. The summed E-state index contributed by atoms with van der Waals surface area (Å²) in [5, 5.41) is 0. The van der Waals surface area contributed by atoms with Crippen LogP contribution >= 0.6 is 0 Å². The minimum Gasteiger partial charge on any atom is -0.397 e. The molecule has 0 aromatic carbocycles. The fourth-order valence-electron chi connectivity index (χ4n) is 0.836. The molecule has 0 bridgehead atoms. The monoisotopic (exact) mass is 140 g/mol. The van der Waals surface area contributed by atoms with Crippen LogP contribution in [-0.2, 0) is 0 Å². The summed E-state index contributed by atoms with van der Waals surface area (Å²) >= 11 is 0. The van der Waals surface area contributed by atoms with Crippen molar-refractivity contribution in [2.75, 3.05) is 0 Å². The van der Waals surface area contributed by atoms with Gasteiger partial charge in [0, 0.05) is 6.42 Å². The van der Waals surface area contributed by atoms with E-state index < -0.39 is 5.66 Å². The SMILES string of the molecule is NC1=CCC(N)(N)C=C1N. The Bertz CT molecular complexity index is 202. The highest BCUT2D eigenvalue weighted by molar-refractivity contribution is 5.32. The smallest absolute Gasteiger partial charge is 0.0888 e. The molecule has 0 aliphatic heterocycles. The van der Waals surface area contributed by atoms with Crippen molar-refractivity contribution in [3.8, 4) is 0 Å². The molecule has 0 fully saturated rings. The average molecular weight is 140 g/mol. The Labute approximate surface area is 59.5 Å². The standard InChI is InChI=1S/C6H12N4/c7-4-1-2-6(9,10)3-5(4)8/h1,3H,2,7-10H2. The predicted octanol–water partition coefficient (Wildman–Crippen LogP) is -1.31. The third-order valence-corrected chi connectivity index (χ3v) is 1.43. The second-order valence-corrected chi connectivity index (χ2v) is 2.58. The van der Waals surface area contributed by atoms with Gasteiger partial charge in [-0.15, -0.1) is 0 Å². The van der Waals surface area contributed by atoms with E-state index in [4.69, 9.17) is 22.9 Å². The predicted molar refractivity (Wildman–Crippen MR) is 40.3 cm³/mol. The molecular formula is C6H12N4. The molecule has 10 heavy (non-hydrogen) atoms. The third-order valence-electron chi connectivity index (χ3n) is 1.43. The van der Waals surface area contributed by atoms with Crippen molar-refractivity contribution in [2.45, 2.75) is 12.1 Å². The molecule has 0 unspecified atom stereocenters. The number of hydrogen-bond donors (Lipinski definition) is 4. The topological polar surface area (TPSA) is 104 Å². The van der Waals surface area contributed by atoms with Crippen LogP contribution in [-0.4, -0.2) is 5.66 Å². The third kappa shape index (κ3) is 1.29. The molecule has 1 aliphatic rings. The van der Waals surface area contributed by atoms with Crippen molar-refractivity contribution in [1.82, 2.24) is 0 Å². The molecule has 0 radical (unpaired) electrons. The largest absolute Gasteiger partial charge is 0.397 e. The summed E-state index contributed by atoms with van der Waals surface area (Å²) in [7, 11) is 0. The van der Waals surface area contributed by atoms with E-state index in [9.17, 15) is 0 Å². The Balaban J connectivity index is 2.87. The van der Waals surface area contributed by atoms with E-state index in [0.717, 1.165) is 0 Å². The zero-order valence-electron chi connectivity index (χ0n) is 5.67. The Kier molecular flexibility index (Phi) is 1.42. The zero-order chi connectivity index (χ0) is 7.78. The molecule has 0 aromatic heterocycles. The lowest BCUT2D eigenvalue weighted by atomic mass is 10.00. The van der Waals surface area contributed by atoms with Gasteiger partial charge in [0.25, 0.3) is 0 Å². The molecule has 0 saturated carbocycles. The maximum Gasteiger partial charge on any atom is 0.0888 e. The van der Waals surface area contributed by atoms with Crippen molar-refractivity contribution in [3.05, 3.63) is 23.5 Å². The van der Waals surface area contributed by atoms with Crippen LogP contribution in [0, 0.1) is 0 Å². The highest BCUT2D eigenvalue weighted by Crippen LogP contribution is 2.13. The summed E-state index contributed by atoms with van der Waals surface area (Å²) in [5.41, 5.74) is 22.2. The van der Waals surface area contributed by atoms with Gasteiger partial charge in [-0.3, -0.25) is 0 Å².